The van der Waals surface area contributed by atoms with E-state index in [1.165, 1.54) is 0 Å². The number of dihydropyridines is 1. The number of carbonyl (C=O) groups excluding carboxylic acids is 2. The molecule has 0 fully saturated rings. The van der Waals surface area contributed by atoms with E-state index in [2.05, 4.69) is 35.1 Å². The van der Waals surface area contributed by atoms with Crippen LogP contribution < -0.4 is 10.1 Å². The molecule has 3 rings (SSSR count). The molecule has 1 aromatic rings. The summed E-state index contributed by atoms with van der Waals surface area (Å²) in [6.07, 6.45) is 1.21. The number of ether oxygens (including phenoxy) is 2. The third kappa shape index (κ3) is 3.75. The topological polar surface area (TPSA) is 64.6 Å². The fourth-order valence-electron chi connectivity index (χ4n) is 4.11. The molecule has 0 amide bonds. The minimum atomic E-state index is -0.457. The Labute approximate surface area is 174 Å². The smallest absolute Gasteiger partial charge is 0.336 e. The van der Waals surface area contributed by atoms with Gasteiger partial charge in [-0.25, -0.2) is 4.79 Å². The van der Waals surface area contributed by atoms with Crippen molar-refractivity contribution in [1.82, 2.24) is 5.32 Å². The van der Waals surface area contributed by atoms with Crippen LogP contribution in [0.5, 0.6) is 5.75 Å². The van der Waals surface area contributed by atoms with E-state index >= 15 is 0 Å². The number of halogens is 1. The second-order valence-electron chi connectivity index (χ2n) is 8.04. The van der Waals surface area contributed by atoms with Crippen molar-refractivity contribution in [2.45, 2.75) is 46.5 Å². The van der Waals surface area contributed by atoms with Gasteiger partial charge in [-0.1, -0.05) is 19.9 Å². The number of hydrogen-bond acceptors (Lipinski definition) is 5. The van der Waals surface area contributed by atoms with E-state index in [1.54, 1.807) is 14.0 Å². The molecule has 2 aliphatic rings. The van der Waals surface area contributed by atoms with Crippen LogP contribution in [-0.2, 0) is 14.3 Å². The summed E-state index contributed by atoms with van der Waals surface area (Å²) < 4.78 is 11.4. The maximum absolute atomic E-state index is 13.2. The Hall–Kier alpha value is -2.08. The molecule has 1 atom stereocenters. The lowest BCUT2D eigenvalue weighted by atomic mass is 9.68. The van der Waals surface area contributed by atoms with Gasteiger partial charge >= 0.3 is 5.97 Å². The number of allylic oxidation sites excluding steroid dienone is 3. The number of benzene rings is 1. The standard InChI is InChI=1S/C22H26BrNO4/c1-6-28-21(26)18-12(2)24-15-10-22(3,4)11-16(25)20(15)19(18)13-7-8-17(27-5)14(23)9-13/h7-9,19,24H,6,10-11H2,1-5H3/t19-/m1/s1. The zero-order valence-corrected chi connectivity index (χ0v) is 18.5. The van der Waals surface area contributed by atoms with E-state index in [-0.39, 0.29) is 17.8 Å². The Morgan fingerprint density at radius 3 is 2.64 bits per heavy atom. The Morgan fingerprint density at radius 2 is 2.04 bits per heavy atom. The van der Waals surface area contributed by atoms with Gasteiger partial charge in [0, 0.05) is 29.3 Å². The Balaban J connectivity index is 2.19. The van der Waals surface area contributed by atoms with Gasteiger partial charge in [0.25, 0.3) is 0 Å². The second kappa shape index (κ2) is 7.74. The number of esters is 1. The fraction of sp³-hybridized carbons (Fsp3) is 0.455. The van der Waals surface area contributed by atoms with Crippen LogP contribution in [0.2, 0.25) is 0 Å². The zero-order chi connectivity index (χ0) is 20.6. The largest absolute Gasteiger partial charge is 0.496 e. The van der Waals surface area contributed by atoms with Gasteiger partial charge in [0.2, 0.25) is 0 Å². The number of carbonyl (C=O) groups is 2. The predicted molar refractivity (Wildman–Crippen MR) is 111 cm³/mol. The van der Waals surface area contributed by atoms with Crippen molar-refractivity contribution < 1.29 is 19.1 Å². The molecule has 6 heteroatoms. The average Bonchev–Trinajstić information content (AvgIpc) is 2.59. The van der Waals surface area contributed by atoms with Crippen molar-refractivity contribution in [3.8, 4) is 5.75 Å². The molecular weight excluding hydrogens is 422 g/mol. The summed E-state index contributed by atoms with van der Waals surface area (Å²) >= 11 is 3.52. The SMILES string of the molecule is CCOC(=O)C1=C(C)NC2=C(C(=O)CC(C)(C)C2)[C@@H]1c1ccc(OC)c(Br)c1. The summed E-state index contributed by atoms with van der Waals surface area (Å²) in [6, 6.07) is 5.67. The van der Waals surface area contributed by atoms with Crippen LogP contribution in [0.3, 0.4) is 0 Å². The summed E-state index contributed by atoms with van der Waals surface area (Å²) in [5.41, 5.74) is 3.55. The number of nitrogens with one attached hydrogen (secondary N) is 1. The van der Waals surface area contributed by atoms with Gasteiger partial charge in [-0.15, -0.1) is 0 Å². The Kier molecular flexibility index (Phi) is 5.71. The van der Waals surface area contributed by atoms with Gasteiger partial charge in [-0.2, -0.15) is 0 Å². The maximum Gasteiger partial charge on any atom is 0.336 e. The molecule has 5 nitrogen and oxygen atoms in total. The highest BCUT2D eigenvalue weighted by atomic mass is 79.9. The monoisotopic (exact) mass is 447 g/mol. The third-order valence-electron chi connectivity index (χ3n) is 5.24. The highest BCUT2D eigenvalue weighted by molar-refractivity contribution is 9.10. The van der Waals surface area contributed by atoms with Crippen LogP contribution in [0.15, 0.2) is 45.2 Å². The van der Waals surface area contributed by atoms with Crippen LogP contribution in [0.4, 0.5) is 0 Å². The first-order chi connectivity index (χ1) is 13.2. The van der Waals surface area contributed by atoms with E-state index in [0.29, 0.717) is 23.3 Å². The van der Waals surface area contributed by atoms with Crippen LogP contribution in [0, 0.1) is 5.41 Å². The molecule has 0 aromatic heterocycles. The van der Waals surface area contributed by atoms with Crippen LogP contribution >= 0.6 is 15.9 Å². The van der Waals surface area contributed by atoms with Gasteiger partial charge in [-0.05, 0) is 59.3 Å². The normalized spacial score (nSPS) is 21.2. The van der Waals surface area contributed by atoms with Gasteiger partial charge < -0.3 is 14.8 Å². The first-order valence-electron chi connectivity index (χ1n) is 9.43. The van der Waals surface area contributed by atoms with Gasteiger partial charge in [0.05, 0.1) is 23.8 Å². The van der Waals surface area contributed by atoms with Crippen molar-refractivity contribution in [2.24, 2.45) is 5.41 Å². The lowest BCUT2D eigenvalue weighted by Gasteiger charge is -2.39. The van der Waals surface area contributed by atoms with Crippen molar-refractivity contribution in [2.75, 3.05) is 13.7 Å². The van der Waals surface area contributed by atoms with E-state index < -0.39 is 11.9 Å². The molecule has 0 saturated carbocycles. The van der Waals surface area contributed by atoms with Crippen LogP contribution in [0.25, 0.3) is 0 Å². The number of Topliss-reactive ketones (excluding diaryl/α,β-unsaturated/α-hetero) is 1. The first kappa shape index (κ1) is 20.6. The van der Waals surface area contributed by atoms with E-state index in [0.717, 1.165) is 27.9 Å². The van der Waals surface area contributed by atoms with E-state index in [1.807, 2.05) is 25.1 Å². The van der Waals surface area contributed by atoms with Crippen molar-refractivity contribution in [1.29, 1.82) is 0 Å². The molecule has 1 aliphatic heterocycles. The number of ketones is 1. The summed E-state index contributed by atoms with van der Waals surface area (Å²) in [4.78, 5) is 26.0. The average molecular weight is 448 g/mol. The van der Waals surface area contributed by atoms with Crippen molar-refractivity contribution >= 4 is 27.7 Å². The van der Waals surface area contributed by atoms with E-state index in [4.69, 9.17) is 9.47 Å². The summed E-state index contributed by atoms with van der Waals surface area (Å²) in [5.74, 6) is -0.0823. The Morgan fingerprint density at radius 1 is 1.32 bits per heavy atom. The molecule has 1 aliphatic carbocycles. The fourth-order valence-corrected chi connectivity index (χ4v) is 4.67. The minimum Gasteiger partial charge on any atom is -0.496 e. The second-order valence-corrected chi connectivity index (χ2v) is 8.90. The molecule has 0 unspecified atom stereocenters. The number of hydrogen-bond donors (Lipinski definition) is 1. The molecule has 0 saturated heterocycles. The molecule has 0 spiro atoms. The Bertz CT molecular complexity index is 898. The van der Waals surface area contributed by atoms with Crippen LogP contribution in [0.1, 0.15) is 52.0 Å². The number of methoxy groups -OCH3 is 1. The molecule has 28 heavy (non-hydrogen) atoms. The van der Waals surface area contributed by atoms with Gasteiger partial charge in [-0.3, -0.25) is 4.79 Å². The quantitative estimate of drug-likeness (QED) is 0.681. The molecular formula is C22H26BrNO4. The molecule has 1 heterocycles. The van der Waals surface area contributed by atoms with Gasteiger partial charge in [0.15, 0.2) is 5.78 Å². The maximum atomic E-state index is 13.2. The van der Waals surface area contributed by atoms with E-state index in [9.17, 15) is 9.59 Å². The van der Waals surface area contributed by atoms with Crippen LogP contribution in [-0.4, -0.2) is 25.5 Å². The third-order valence-corrected chi connectivity index (χ3v) is 5.86. The lowest BCUT2D eigenvalue weighted by Crippen LogP contribution is -2.38. The molecule has 0 bridgehead atoms. The molecule has 150 valence electrons. The molecule has 1 N–H and O–H groups in total. The summed E-state index contributed by atoms with van der Waals surface area (Å²) in [6.45, 7) is 8.11. The number of rotatable bonds is 4. The lowest BCUT2D eigenvalue weighted by molar-refractivity contribution is -0.138. The van der Waals surface area contributed by atoms with Gasteiger partial charge in [0.1, 0.15) is 5.75 Å². The predicted octanol–water partition coefficient (Wildman–Crippen LogP) is 4.62. The van der Waals surface area contributed by atoms with Crippen molar-refractivity contribution in [3.63, 3.8) is 0 Å². The molecule has 0 radical (unpaired) electrons. The summed E-state index contributed by atoms with van der Waals surface area (Å²) in [7, 11) is 1.60. The highest BCUT2D eigenvalue weighted by Crippen LogP contribution is 2.47. The zero-order valence-electron chi connectivity index (χ0n) is 16.9. The minimum absolute atomic E-state index is 0.0741. The molecule has 1 aromatic carbocycles. The first-order valence-corrected chi connectivity index (χ1v) is 10.2. The summed E-state index contributed by atoms with van der Waals surface area (Å²) in [5, 5.41) is 3.33. The van der Waals surface area contributed by atoms with Crippen molar-refractivity contribution in [3.05, 3.63) is 50.8 Å². The highest BCUT2D eigenvalue weighted by Gasteiger charge is 2.43.